The molecule has 0 aliphatic carbocycles. The number of carbonyl (C=O) groups excluding carboxylic acids is 2. The van der Waals surface area contributed by atoms with Gasteiger partial charge >= 0.3 is 5.97 Å². The summed E-state index contributed by atoms with van der Waals surface area (Å²) in [4.78, 5) is 26.5. The standard InChI is InChI=1S/C15H16N2O4S/c1-3-20-14(19)8-21-12-6-4-11(5-7-12)13-9-22-15(17-13)16-10(2)18/h4-7,9H,3,8H2,1-2H3,(H,16,17,18). The molecular weight excluding hydrogens is 304 g/mol. The molecule has 0 aliphatic heterocycles. The number of hydrogen-bond acceptors (Lipinski definition) is 6. The number of ether oxygens (including phenoxy) is 2. The molecule has 1 amide bonds. The highest BCUT2D eigenvalue weighted by molar-refractivity contribution is 7.14. The van der Waals surface area contributed by atoms with E-state index in [4.69, 9.17) is 9.47 Å². The fourth-order valence-electron chi connectivity index (χ4n) is 1.68. The molecule has 0 saturated carbocycles. The van der Waals surface area contributed by atoms with Gasteiger partial charge in [0.2, 0.25) is 5.91 Å². The highest BCUT2D eigenvalue weighted by atomic mass is 32.1. The van der Waals surface area contributed by atoms with Crippen molar-refractivity contribution in [1.82, 2.24) is 4.98 Å². The molecule has 1 aromatic heterocycles. The number of thiazole rings is 1. The highest BCUT2D eigenvalue weighted by Crippen LogP contribution is 2.26. The van der Waals surface area contributed by atoms with Crippen LogP contribution >= 0.6 is 11.3 Å². The Labute approximate surface area is 132 Å². The number of esters is 1. The molecule has 0 radical (unpaired) electrons. The molecule has 0 fully saturated rings. The fourth-order valence-corrected chi connectivity index (χ4v) is 2.45. The van der Waals surface area contributed by atoms with Crippen LogP contribution in [0.15, 0.2) is 29.6 Å². The number of rotatable bonds is 6. The van der Waals surface area contributed by atoms with Crippen LogP contribution in [0.1, 0.15) is 13.8 Å². The minimum atomic E-state index is -0.397. The van der Waals surface area contributed by atoms with Crippen molar-refractivity contribution in [3.8, 4) is 17.0 Å². The number of benzene rings is 1. The zero-order valence-corrected chi connectivity index (χ0v) is 13.1. The van der Waals surface area contributed by atoms with Gasteiger partial charge in [0.25, 0.3) is 0 Å². The lowest BCUT2D eigenvalue weighted by atomic mass is 10.2. The molecule has 1 heterocycles. The van der Waals surface area contributed by atoms with Crippen LogP contribution in [0.3, 0.4) is 0 Å². The SMILES string of the molecule is CCOC(=O)COc1ccc(-c2csc(NC(C)=O)n2)cc1. The van der Waals surface area contributed by atoms with Gasteiger partial charge in [-0.25, -0.2) is 9.78 Å². The van der Waals surface area contributed by atoms with Crippen LogP contribution in [0, 0.1) is 0 Å². The zero-order valence-electron chi connectivity index (χ0n) is 12.3. The largest absolute Gasteiger partial charge is 0.482 e. The summed E-state index contributed by atoms with van der Waals surface area (Å²) in [6.45, 7) is 3.41. The number of nitrogens with one attached hydrogen (secondary N) is 1. The normalized spacial score (nSPS) is 10.1. The van der Waals surface area contributed by atoms with Gasteiger partial charge in [0.1, 0.15) is 5.75 Å². The van der Waals surface area contributed by atoms with E-state index >= 15 is 0 Å². The Morgan fingerprint density at radius 2 is 2.00 bits per heavy atom. The summed E-state index contributed by atoms with van der Waals surface area (Å²) in [6, 6.07) is 7.19. The molecule has 22 heavy (non-hydrogen) atoms. The lowest BCUT2D eigenvalue weighted by Crippen LogP contribution is -2.14. The van der Waals surface area contributed by atoms with Gasteiger partial charge in [-0.15, -0.1) is 11.3 Å². The molecule has 0 saturated heterocycles. The van der Waals surface area contributed by atoms with Gasteiger partial charge in [0, 0.05) is 17.9 Å². The molecule has 1 aromatic carbocycles. The Balaban J connectivity index is 1.98. The average Bonchev–Trinajstić information content (AvgIpc) is 2.93. The summed E-state index contributed by atoms with van der Waals surface area (Å²) < 4.78 is 10.1. The topological polar surface area (TPSA) is 77.5 Å². The van der Waals surface area contributed by atoms with Gasteiger partial charge in [-0.3, -0.25) is 4.79 Å². The first-order valence-electron chi connectivity index (χ1n) is 6.70. The number of nitrogens with zero attached hydrogens (tertiary/aromatic N) is 1. The summed E-state index contributed by atoms with van der Waals surface area (Å²) in [6.07, 6.45) is 0. The molecule has 0 unspecified atom stereocenters. The van der Waals surface area contributed by atoms with Crippen LogP contribution < -0.4 is 10.1 Å². The molecule has 0 aliphatic rings. The van der Waals surface area contributed by atoms with Crippen molar-refractivity contribution in [2.45, 2.75) is 13.8 Å². The molecular formula is C15H16N2O4S. The van der Waals surface area contributed by atoms with E-state index in [1.54, 1.807) is 19.1 Å². The number of anilines is 1. The first kappa shape index (κ1) is 16.0. The van der Waals surface area contributed by atoms with Crippen LogP contribution in [0.5, 0.6) is 5.75 Å². The minimum absolute atomic E-state index is 0.115. The van der Waals surface area contributed by atoms with Crippen molar-refractivity contribution in [1.29, 1.82) is 0 Å². The number of hydrogen-bond donors (Lipinski definition) is 1. The van der Waals surface area contributed by atoms with E-state index in [-0.39, 0.29) is 12.5 Å². The van der Waals surface area contributed by atoms with Crippen molar-refractivity contribution in [3.63, 3.8) is 0 Å². The second-order valence-electron chi connectivity index (χ2n) is 4.34. The lowest BCUT2D eigenvalue weighted by molar-refractivity contribution is -0.145. The molecule has 6 nitrogen and oxygen atoms in total. The van der Waals surface area contributed by atoms with Crippen molar-refractivity contribution in [2.24, 2.45) is 0 Å². The molecule has 1 N–H and O–H groups in total. The Kier molecular flexibility index (Phi) is 5.48. The first-order valence-corrected chi connectivity index (χ1v) is 7.58. The number of carbonyl (C=O) groups is 2. The Morgan fingerprint density at radius 1 is 1.27 bits per heavy atom. The molecule has 2 rings (SSSR count). The highest BCUT2D eigenvalue weighted by Gasteiger charge is 2.07. The second-order valence-corrected chi connectivity index (χ2v) is 5.20. The summed E-state index contributed by atoms with van der Waals surface area (Å²) in [5, 5.41) is 5.06. The Morgan fingerprint density at radius 3 is 2.64 bits per heavy atom. The van der Waals surface area contributed by atoms with Crippen LogP contribution in [-0.4, -0.2) is 30.1 Å². The maximum atomic E-state index is 11.2. The van der Waals surface area contributed by atoms with Crippen LogP contribution in [0.25, 0.3) is 11.3 Å². The molecule has 116 valence electrons. The smallest absolute Gasteiger partial charge is 0.344 e. The summed E-state index contributed by atoms with van der Waals surface area (Å²) >= 11 is 1.36. The predicted molar refractivity (Wildman–Crippen MR) is 84.0 cm³/mol. The predicted octanol–water partition coefficient (Wildman–Crippen LogP) is 2.71. The van der Waals surface area contributed by atoms with Crippen LogP contribution in [-0.2, 0) is 14.3 Å². The Bertz CT molecular complexity index is 652. The maximum absolute atomic E-state index is 11.2. The van der Waals surface area contributed by atoms with Gasteiger partial charge in [0.15, 0.2) is 11.7 Å². The van der Waals surface area contributed by atoms with Crippen LogP contribution in [0.4, 0.5) is 5.13 Å². The van der Waals surface area contributed by atoms with Crippen molar-refractivity contribution in [3.05, 3.63) is 29.6 Å². The quantitative estimate of drug-likeness (QED) is 0.828. The summed E-state index contributed by atoms with van der Waals surface area (Å²) in [5.41, 5.74) is 1.67. The third kappa shape index (κ3) is 4.56. The Hall–Kier alpha value is -2.41. The lowest BCUT2D eigenvalue weighted by Gasteiger charge is -2.06. The third-order valence-electron chi connectivity index (χ3n) is 2.60. The van der Waals surface area contributed by atoms with E-state index in [0.29, 0.717) is 17.5 Å². The second kappa shape index (κ2) is 7.56. The van der Waals surface area contributed by atoms with E-state index in [1.165, 1.54) is 18.3 Å². The average molecular weight is 320 g/mol. The molecule has 2 aromatic rings. The van der Waals surface area contributed by atoms with Gasteiger partial charge in [-0.1, -0.05) is 0 Å². The van der Waals surface area contributed by atoms with E-state index in [0.717, 1.165) is 11.3 Å². The third-order valence-corrected chi connectivity index (χ3v) is 3.36. The van der Waals surface area contributed by atoms with E-state index < -0.39 is 5.97 Å². The zero-order chi connectivity index (χ0) is 15.9. The fraction of sp³-hybridized carbons (Fsp3) is 0.267. The van der Waals surface area contributed by atoms with Gasteiger partial charge in [0.05, 0.1) is 12.3 Å². The summed E-state index contributed by atoms with van der Waals surface area (Å²) in [7, 11) is 0. The van der Waals surface area contributed by atoms with Crippen LogP contribution in [0.2, 0.25) is 0 Å². The van der Waals surface area contributed by atoms with E-state index in [2.05, 4.69) is 10.3 Å². The van der Waals surface area contributed by atoms with Gasteiger partial charge < -0.3 is 14.8 Å². The number of amides is 1. The molecule has 0 atom stereocenters. The van der Waals surface area contributed by atoms with Crippen molar-refractivity contribution in [2.75, 3.05) is 18.5 Å². The van der Waals surface area contributed by atoms with Gasteiger partial charge in [-0.05, 0) is 31.2 Å². The first-order chi connectivity index (χ1) is 10.6. The number of aromatic nitrogens is 1. The molecule has 7 heteroatoms. The monoisotopic (exact) mass is 320 g/mol. The summed E-state index contributed by atoms with van der Waals surface area (Å²) in [5.74, 6) is 0.0313. The molecule has 0 bridgehead atoms. The van der Waals surface area contributed by atoms with Gasteiger partial charge in [-0.2, -0.15) is 0 Å². The van der Waals surface area contributed by atoms with E-state index in [1.807, 2.05) is 17.5 Å². The minimum Gasteiger partial charge on any atom is -0.482 e. The van der Waals surface area contributed by atoms with E-state index in [9.17, 15) is 9.59 Å². The van der Waals surface area contributed by atoms with Crippen molar-refractivity contribution < 1.29 is 19.1 Å². The van der Waals surface area contributed by atoms with Crippen molar-refractivity contribution >= 4 is 28.3 Å². The maximum Gasteiger partial charge on any atom is 0.344 e. The molecule has 0 spiro atoms.